The molecular formula is C7H9FN2O. The number of rotatable bonds is 1. The van der Waals surface area contributed by atoms with Gasteiger partial charge in [-0.2, -0.15) is 0 Å². The fourth-order valence-corrected chi connectivity index (χ4v) is 0.815. The zero-order valence-corrected chi connectivity index (χ0v) is 6.17. The summed E-state index contributed by atoms with van der Waals surface area (Å²) in [5, 5.41) is 0. The lowest BCUT2D eigenvalue weighted by Gasteiger charge is -2.01. The summed E-state index contributed by atoms with van der Waals surface area (Å²) in [5.74, 6) is -0.653. The van der Waals surface area contributed by atoms with Crippen LogP contribution in [-0.2, 0) is 6.54 Å². The van der Waals surface area contributed by atoms with Crippen LogP contribution in [0, 0.1) is 5.82 Å². The molecule has 0 radical (unpaired) electrons. The van der Waals surface area contributed by atoms with Crippen LogP contribution < -0.4 is 11.3 Å². The number of nitrogens with two attached hydrogens (primary N) is 1. The Balaban J connectivity index is 3.32. The van der Waals surface area contributed by atoms with Crippen molar-refractivity contribution in [2.75, 3.05) is 5.73 Å². The summed E-state index contributed by atoms with van der Waals surface area (Å²) >= 11 is 0. The SMILES string of the molecule is CCn1cc(N)c(F)cc1=O. The van der Waals surface area contributed by atoms with Crippen LogP contribution in [0.4, 0.5) is 10.1 Å². The second-order valence-electron chi connectivity index (χ2n) is 2.20. The predicted molar refractivity (Wildman–Crippen MR) is 40.7 cm³/mol. The van der Waals surface area contributed by atoms with Gasteiger partial charge in [0.25, 0.3) is 5.56 Å². The van der Waals surface area contributed by atoms with Crippen molar-refractivity contribution in [2.24, 2.45) is 0 Å². The van der Waals surface area contributed by atoms with Crippen LogP contribution in [0.5, 0.6) is 0 Å². The summed E-state index contributed by atoms with van der Waals surface area (Å²) in [6, 6.07) is 0.888. The Morgan fingerprint density at radius 2 is 2.36 bits per heavy atom. The molecule has 1 rings (SSSR count). The number of hydrogen-bond acceptors (Lipinski definition) is 2. The van der Waals surface area contributed by atoms with Gasteiger partial charge in [-0.15, -0.1) is 0 Å². The lowest BCUT2D eigenvalue weighted by Crippen LogP contribution is -2.19. The second kappa shape index (κ2) is 2.74. The summed E-state index contributed by atoms with van der Waals surface area (Å²) in [6.45, 7) is 2.29. The maximum absolute atomic E-state index is 12.6. The number of hydrogen-bond donors (Lipinski definition) is 1. The van der Waals surface area contributed by atoms with Crippen molar-refractivity contribution in [1.29, 1.82) is 0 Å². The molecule has 1 aromatic heterocycles. The van der Waals surface area contributed by atoms with E-state index in [-0.39, 0.29) is 11.2 Å². The summed E-state index contributed by atoms with van der Waals surface area (Å²) < 4.78 is 13.9. The van der Waals surface area contributed by atoms with Gasteiger partial charge in [-0.25, -0.2) is 4.39 Å². The maximum atomic E-state index is 12.6. The molecule has 0 aromatic carbocycles. The molecular weight excluding hydrogens is 147 g/mol. The van der Waals surface area contributed by atoms with Gasteiger partial charge in [0.15, 0.2) is 5.82 Å². The fourth-order valence-electron chi connectivity index (χ4n) is 0.815. The zero-order chi connectivity index (χ0) is 8.43. The summed E-state index contributed by atoms with van der Waals surface area (Å²) in [6.07, 6.45) is 1.30. The van der Waals surface area contributed by atoms with Gasteiger partial charge < -0.3 is 10.3 Å². The van der Waals surface area contributed by atoms with E-state index in [4.69, 9.17) is 5.73 Å². The highest BCUT2D eigenvalue weighted by molar-refractivity contribution is 5.35. The van der Waals surface area contributed by atoms with Crippen LogP contribution >= 0.6 is 0 Å². The molecule has 1 aromatic rings. The molecule has 0 atom stereocenters. The Morgan fingerprint density at radius 1 is 1.73 bits per heavy atom. The van der Waals surface area contributed by atoms with Gasteiger partial charge in [-0.3, -0.25) is 4.79 Å². The third kappa shape index (κ3) is 1.39. The largest absolute Gasteiger partial charge is 0.395 e. The van der Waals surface area contributed by atoms with Crippen molar-refractivity contribution in [1.82, 2.24) is 4.57 Å². The molecule has 0 saturated heterocycles. The van der Waals surface area contributed by atoms with E-state index >= 15 is 0 Å². The number of nitrogen functional groups attached to an aromatic ring is 1. The molecule has 2 N–H and O–H groups in total. The molecule has 0 aliphatic heterocycles. The first-order valence-electron chi connectivity index (χ1n) is 3.30. The lowest BCUT2D eigenvalue weighted by molar-refractivity contribution is 0.614. The van der Waals surface area contributed by atoms with E-state index in [9.17, 15) is 9.18 Å². The van der Waals surface area contributed by atoms with Crippen molar-refractivity contribution in [3.8, 4) is 0 Å². The number of aromatic nitrogens is 1. The minimum atomic E-state index is -0.653. The van der Waals surface area contributed by atoms with Crippen LogP contribution in [-0.4, -0.2) is 4.57 Å². The van der Waals surface area contributed by atoms with E-state index in [1.54, 1.807) is 6.92 Å². The molecule has 0 spiro atoms. The zero-order valence-electron chi connectivity index (χ0n) is 6.17. The highest BCUT2D eigenvalue weighted by Crippen LogP contribution is 2.03. The van der Waals surface area contributed by atoms with E-state index in [1.807, 2.05) is 0 Å². The Morgan fingerprint density at radius 3 is 2.91 bits per heavy atom. The van der Waals surface area contributed by atoms with Crippen LogP contribution in [0.1, 0.15) is 6.92 Å². The molecule has 0 fully saturated rings. The van der Waals surface area contributed by atoms with Gasteiger partial charge in [-0.05, 0) is 6.92 Å². The van der Waals surface area contributed by atoms with E-state index in [2.05, 4.69) is 0 Å². The van der Waals surface area contributed by atoms with E-state index in [0.29, 0.717) is 6.54 Å². The number of halogens is 1. The molecule has 0 aliphatic rings. The van der Waals surface area contributed by atoms with E-state index < -0.39 is 5.82 Å². The van der Waals surface area contributed by atoms with Crippen molar-refractivity contribution in [3.05, 3.63) is 28.4 Å². The van der Waals surface area contributed by atoms with E-state index in [1.165, 1.54) is 10.8 Å². The monoisotopic (exact) mass is 156 g/mol. The van der Waals surface area contributed by atoms with Gasteiger partial charge >= 0.3 is 0 Å². The molecule has 0 aliphatic carbocycles. The van der Waals surface area contributed by atoms with Gasteiger partial charge in [0, 0.05) is 18.8 Å². The average Bonchev–Trinajstić information content (AvgIpc) is 1.97. The summed E-state index contributed by atoms with van der Waals surface area (Å²) in [5.41, 5.74) is 4.87. The third-order valence-electron chi connectivity index (χ3n) is 1.44. The molecule has 60 valence electrons. The van der Waals surface area contributed by atoms with Gasteiger partial charge in [0.05, 0.1) is 5.69 Å². The Kier molecular flexibility index (Phi) is 1.94. The first-order valence-corrected chi connectivity index (χ1v) is 3.30. The van der Waals surface area contributed by atoms with Crippen LogP contribution in [0.2, 0.25) is 0 Å². The molecule has 1 heterocycles. The molecule has 4 heteroatoms. The van der Waals surface area contributed by atoms with E-state index in [0.717, 1.165) is 6.07 Å². The van der Waals surface area contributed by atoms with Crippen LogP contribution in [0.15, 0.2) is 17.1 Å². The normalized spacial score (nSPS) is 10.0. The highest BCUT2D eigenvalue weighted by Gasteiger charge is 2.00. The van der Waals surface area contributed by atoms with Crippen molar-refractivity contribution < 1.29 is 4.39 Å². The standard InChI is InChI=1S/C7H9FN2O/c1-2-10-4-6(9)5(8)3-7(10)11/h3-4H,2,9H2,1H3. The Labute approximate surface area is 63.3 Å². The van der Waals surface area contributed by atoms with Gasteiger partial charge in [0.1, 0.15) is 0 Å². The fraction of sp³-hybridized carbons (Fsp3) is 0.286. The molecule has 0 amide bonds. The second-order valence-corrected chi connectivity index (χ2v) is 2.20. The van der Waals surface area contributed by atoms with Crippen LogP contribution in [0.3, 0.4) is 0 Å². The third-order valence-corrected chi connectivity index (χ3v) is 1.44. The highest BCUT2D eigenvalue weighted by atomic mass is 19.1. The summed E-state index contributed by atoms with van der Waals surface area (Å²) in [4.78, 5) is 10.9. The first kappa shape index (κ1) is 7.78. The smallest absolute Gasteiger partial charge is 0.253 e. The van der Waals surface area contributed by atoms with Crippen molar-refractivity contribution >= 4 is 5.69 Å². The summed E-state index contributed by atoms with van der Waals surface area (Å²) in [7, 11) is 0. The number of anilines is 1. The van der Waals surface area contributed by atoms with Gasteiger partial charge in [-0.1, -0.05) is 0 Å². The van der Waals surface area contributed by atoms with Crippen molar-refractivity contribution in [2.45, 2.75) is 13.5 Å². The molecule has 0 saturated carbocycles. The molecule has 11 heavy (non-hydrogen) atoms. The quantitative estimate of drug-likeness (QED) is 0.646. The topological polar surface area (TPSA) is 48.0 Å². The Bertz CT molecular complexity index is 319. The van der Waals surface area contributed by atoms with Crippen molar-refractivity contribution in [3.63, 3.8) is 0 Å². The minimum absolute atomic E-state index is 0.00597. The van der Waals surface area contributed by atoms with Crippen LogP contribution in [0.25, 0.3) is 0 Å². The molecule has 0 bridgehead atoms. The number of aryl methyl sites for hydroxylation is 1. The molecule has 0 unspecified atom stereocenters. The number of nitrogens with zero attached hydrogens (tertiary/aromatic N) is 1. The average molecular weight is 156 g/mol. The Hall–Kier alpha value is -1.32. The minimum Gasteiger partial charge on any atom is -0.395 e. The maximum Gasteiger partial charge on any atom is 0.253 e. The lowest BCUT2D eigenvalue weighted by atomic mass is 10.4. The number of pyridine rings is 1. The predicted octanol–water partition coefficient (Wildman–Crippen LogP) is 0.590. The van der Waals surface area contributed by atoms with Gasteiger partial charge in [0.2, 0.25) is 0 Å². The first-order chi connectivity index (χ1) is 5.15. The molecule has 3 nitrogen and oxygen atoms in total.